The number of ether oxygens (including phenoxy) is 1. The molecular formula is C15H14FN3O4S. The van der Waals surface area contributed by atoms with Crippen molar-refractivity contribution in [2.24, 2.45) is 0 Å². The fourth-order valence-corrected chi connectivity index (χ4v) is 3.65. The van der Waals surface area contributed by atoms with Crippen molar-refractivity contribution in [2.45, 2.75) is 24.5 Å². The summed E-state index contributed by atoms with van der Waals surface area (Å²) in [5, 5.41) is 31.8. The van der Waals surface area contributed by atoms with Gasteiger partial charge in [-0.15, -0.1) is 11.3 Å². The standard InChI is InChI=1S/C15H14FN3O4S/c16-15-17-10(9-2-1-5-24-9)7-3-4-19(13(7)18-15)14-12(22)11(21)8(6-20)23-14/h1-5,8,11-12,14,20-22H,6H2/t8-,11?,12?,14-/m1/s1. The van der Waals surface area contributed by atoms with Crippen LogP contribution in [-0.2, 0) is 4.74 Å². The number of fused-ring (bicyclic) bond motifs is 1. The Balaban J connectivity index is 1.84. The van der Waals surface area contributed by atoms with Gasteiger partial charge < -0.3 is 24.6 Å². The van der Waals surface area contributed by atoms with Gasteiger partial charge in [0, 0.05) is 11.6 Å². The van der Waals surface area contributed by atoms with Crippen molar-refractivity contribution in [3.63, 3.8) is 0 Å². The van der Waals surface area contributed by atoms with E-state index in [0.717, 1.165) is 4.88 Å². The second-order valence-corrected chi connectivity index (χ2v) is 6.46. The average Bonchev–Trinajstić information content (AvgIpc) is 3.28. The van der Waals surface area contributed by atoms with E-state index < -0.39 is 37.2 Å². The molecule has 0 aromatic carbocycles. The van der Waals surface area contributed by atoms with Crippen molar-refractivity contribution in [2.75, 3.05) is 6.61 Å². The van der Waals surface area contributed by atoms with Crippen LogP contribution in [0.4, 0.5) is 4.39 Å². The molecule has 1 aliphatic heterocycles. The van der Waals surface area contributed by atoms with Crippen LogP contribution in [0.2, 0.25) is 0 Å². The maximum absolute atomic E-state index is 13.9. The Labute approximate surface area is 139 Å². The quantitative estimate of drug-likeness (QED) is 0.607. The normalized spacial score (nSPS) is 27.2. The van der Waals surface area contributed by atoms with Crippen LogP contribution < -0.4 is 0 Å². The largest absolute Gasteiger partial charge is 0.394 e. The van der Waals surface area contributed by atoms with Crippen molar-refractivity contribution < 1.29 is 24.4 Å². The zero-order chi connectivity index (χ0) is 16.8. The third kappa shape index (κ3) is 2.33. The molecule has 0 amide bonds. The van der Waals surface area contributed by atoms with Crippen LogP contribution in [0.1, 0.15) is 6.23 Å². The Hall–Kier alpha value is -1.91. The van der Waals surface area contributed by atoms with Gasteiger partial charge in [-0.1, -0.05) is 6.07 Å². The van der Waals surface area contributed by atoms with Crippen LogP contribution in [0, 0.1) is 6.08 Å². The fourth-order valence-electron chi connectivity index (χ4n) is 2.92. The molecule has 4 heterocycles. The number of thiophene rings is 1. The molecule has 0 bridgehead atoms. The Kier molecular flexibility index (Phi) is 3.82. The number of halogens is 1. The summed E-state index contributed by atoms with van der Waals surface area (Å²) < 4.78 is 20.9. The lowest BCUT2D eigenvalue weighted by Gasteiger charge is -2.17. The number of hydrogen-bond donors (Lipinski definition) is 3. The van der Waals surface area contributed by atoms with Gasteiger partial charge in [-0.2, -0.15) is 9.37 Å². The molecule has 3 aromatic rings. The number of aromatic nitrogens is 3. The molecule has 4 atom stereocenters. The second kappa shape index (κ2) is 5.87. The highest BCUT2D eigenvalue weighted by Gasteiger charge is 2.43. The molecule has 2 unspecified atom stereocenters. The highest BCUT2D eigenvalue weighted by Crippen LogP contribution is 2.35. The maximum atomic E-state index is 13.9. The zero-order valence-electron chi connectivity index (χ0n) is 12.3. The van der Waals surface area contributed by atoms with Crippen molar-refractivity contribution in [1.29, 1.82) is 0 Å². The predicted molar refractivity (Wildman–Crippen MR) is 83.8 cm³/mol. The van der Waals surface area contributed by atoms with E-state index in [2.05, 4.69) is 9.97 Å². The van der Waals surface area contributed by atoms with E-state index in [1.165, 1.54) is 15.9 Å². The minimum Gasteiger partial charge on any atom is -0.394 e. The number of nitrogens with zero attached hydrogens (tertiary/aromatic N) is 3. The fraction of sp³-hybridized carbons (Fsp3) is 0.333. The first-order valence-electron chi connectivity index (χ1n) is 7.30. The van der Waals surface area contributed by atoms with Crippen LogP contribution in [0.25, 0.3) is 21.6 Å². The number of aliphatic hydroxyl groups is 3. The second-order valence-electron chi connectivity index (χ2n) is 5.51. The Morgan fingerprint density at radius 3 is 2.75 bits per heavy atom. The Morgan fingerprint density at radius 1 is 1.25 bits per heavy atom. The summed E-state index contributed by atoms with van der Waals surface area (Å²) in [5.74, 6) is 0. The molecule has 0 spiro atoms. The summed E-state index contributed by atoms with van der Waals surface area (Å²) in [6.07, 6.45) is -3.68. The molecule has 24 heavy (non-hydrogen) atoms. The molecule has 4 rings (SSSR count). The molecule has 3 N–H and O–H groups in total. The van der Waals surface area contributed by atoms with Crippen LogP contribution in [-0.4, -0.2) is 54.8 Å². The topological polar surface area (TPSA) is 101 Å². The maximum Gasteiger partial charge on any atom is 0.311 e. The van der Waals surface area contributed by atoms with E-state index in [0.29, 0.717) is 11.1 Å². The van der Waals surface area contributed by atoms with Crippen LogP contribution in [0.15, 0.2) is 29.8 Å². The summed E-state index contributed by atoms with van der Waals surface area (Å²) in [5.41, 5.74) is 0.707. The Bertz CT molecular complexity index is 869. The summed E-state index contributed by atoms with van der Waals surface area (Å²) in [4.78, 5) is 8.48. The zero-order valence-corrected chi connectivity index (χ0v) is 13.1. The predicted octanol–water partition coefficient (Wildman–Crippen LogP) is 0.910. The monoisotopic (exact) mass is 351 g/mol. The van der Waals surface area contributed by atoms with Gasteiger partial charge in [0.25, 0.3) is 0 Å². The van der Waals surface area contributed by atoms with Crippen molar-refractivity contribution in [1.82, 2.24) is 14.5 Å². The number of hydrogen-bond acceptors (Lipinski definition) is 7. The lowest BCUT2D eigenvalue weighted by Crippen LogP contribution is -2.33. The average molecular weight is 351 g/mol. The first-order chi connectivity index (χ1) is 11.6. The van der Waals surface area contributed by atoms with Gasteiger partial charge in [-0.05, 0) is 17.5 Å². The van der Waals surface area contributed by atoms with Gasteiger partial charge in [-0.25, -0.2) is 4.98 Å². The van der Waals surface area contributed by atoms with Gasteiger partial charge >= 0.3 is 6.08 Å². The van der Waals surface area contributed by atoms with E-state index in [1.807, 2.05) is 17.5 Å². The summed E-state index contributed by atoms with van der Waals surface area (Å²) in [6, 6.07) is 5.38. The molecule has 1 aliphatic rings. The van der Waals surface area contributed by atoms with E-state index in [4.69, 9.17) is 4.74 Å². The molecule has 126 valence electrons. The van der Waals surface area contributed by atoms with E-state index in [9.17, 15) is 19.7 Å². The van der Waals surface area contributed by atoms with E-state index in [-0.39, 0.29) is 5.65 Å². The van der Waals surface area contributed by atoms with Crippen LogP contribution in [0.3, 0.4) is 0 Å². The van der Waals surface area contributed by atoms with Gasteiger partial charge in [-0.3, -0.25) is 0 Å². The number of aliphatic hydroxyl groups excluding tert-OH is 3. The van der Waals surface area contributed by atoms with Gasteiger partial charge in [0.1, 0.15) is 24.0 Å². The molecule has 0 saturated carbocycles. The minimum absolute atomic E-state index is 0.251. The summed E-state index contributed by atoms with van der Waals surface area (Å²) in [7, 11) is 0. The number of rotatable bonds is 3. The lowest BCUT2D eigenvalue weighted by atomic mass is 10.1. The van der Waals surface area contributed by atoms with Crippen LogP contribution in [0.5, 0.6) is 0 Å². The summed E-state index contributed by atoms with van der Waals surface area (Å²) in [6.45, 7) is -0.433. The molecule has 0 radical (unpaired) electrons. The smallest absolute Gasteiger partial charge is 0.311 e. The SMILES string of the molecule is OC[C@H]1O[C@@H](n2ccc3c(-c4cccs4)nc(F)nc32)C(O)C1O. The van der Waals surface area contributed by atoms with Gasteiger partial charge in [0.15, 0.2) is 6.23 Å². The van der Waals surface area contributed by atoms with Gasteiger partial charge in [0.2, 0.25) is 0 Å². The van der Waals surface area contributed by atoms with Crippen molar-refractivity contribution in [3.8, 4) is 10.6 Å². The highest BCUT2D eigenvalue weighted by molar-refractivity contribution is 7.13. The lowest BCUT2D eigenvalue weighted by molar-refractivity contribution is -0.0509. The molecule has 7 nitrogen and oxygen atoms in total. The Morgan fingerprint density at radius 2 is 2.08 bits per heavy atom. The molecule has 3 aromatic heterocycles. The molecular weight excluding hydrogens is 337 g/mol. The molecule has 1 fully saturated rings. The van der Waals surface area contributed by atoms with Crippen LogP contribution >= 0.6 is 11.3 Å². The molecule has 1 saturated heterocycles. The van der Waals surface area contributed by atoms with E-state index in [1.54, 1.807) is 12.3 Å². The third-order valence-corrected chi connectivity index (χ3v) is 4.97. The first-order valence-corrected chi connectivity index (χ1v) is 8.18. The van der Waals surface area contributed by atoms with Crippen molar-refractivity contribution in [3.05, 3.63) is 35.9 Å². The van der Waals surface area contributed by atoms with Gasteiger partial charge in [0.05, 0.1) is 17.2 Å². The molecule has 0 aliphatic carbocycles. The third-order valence-electron chi connectivity index (χ3n) is 4.09. The van der Waals surface area contributed by atoms with Crippen molar-refractivity contribution >= 4 is 22.4 Å². The highest BCUT2D eigenvalue weighted by atomic mass is 32.1. The van der Waals surface area contributed by atoms with E-state index >= 15 is 0 Å². The first kappa shape index (κ1) is 15.6. The minimum atomic E-state index is -1.26. The molecule has 9 heteroatoms. The summed E-state index contributed by atoms with van der Waals surface area (Å²) >= 11 is 1.43.